The summed E-state index contributed by atoms with van der Waals surface area (Å²) in [5.74, 6) is 0.930. The molecule has 0 saturated carbocycles. The zero-order chi connectivity index (χ0) is 19.5. The first-order valence-electron chi connectivity index (χ1n) is 9.58. The Morgan fingerprint density at radius 3 is 2.46 bits per heavy atom. The van der Waals surface area contributed by atoms with Gasteiger partial charge in [0.15, 0.2) is 0 Å². The van der Waals surface area contributed by atoms with Gasteiger partial charge in [-0.25, -0.2) is 14.8 Å². The Hall–Kier alpha value is -1.69. The van der Waals surface area contributed by atoms with Crippen molar-refractivity contribution in [3.05, 3.63) is 23.3 Å². The summed E-state index contributed by atoms with van der Waals surface area (Å²) < 4.78 is 5.47. The molecule has 6 nitrogen and oxygen atoms in total. The van der Waals surface area contributed by atoms with Crippen LogP contribution in [-0.2, 0) is 10.3 Å². The third-order valence-electron chi connectivity index (χ3n) is 4.79. The number of likely N-dealkylation sites (tertiary alicyclic amines) is 1. The standard InChI is InChI=1S/C20H33N3O3/c1-7-10-20(6,25)16-13-21-14(2)22-17(16)15-8-11-23(12-9-15)18(24)26-19(3,4)5/h13,15,25H,7-12H2,1-6H3. The molecule has 1 saturated heterocycles. The van der Waals surface area contributed by atoms with E-state index >= 15 is 0 Å². The zero-order valence-corrected chi connectivity index (χ0v) is 17.0. The van der Waals surface area contributed by atoms with Gasteiger partial charge in [0.05, 0.1) is 11.3 Å². The number of piperidine rings is 1. The summed E-state index contributed by atoms with van der Waals surface area (Å²) in [6.45, 7) is 12.7. The number of carbonyl (C=O) groups excluding carboxylic acids is 1. The van der Waals surface area contributed by atoms with Crippen LogP contribution in [0.25, 0.3) is 0 Å². The minimum Gasteiger partial charge on any atom is -0.444 e. The summed E-state index contributed by atoms with van der Waals surface area (Å²) in [5.41, 5.74) is 0.338. The van der Waals surface area contributed by atoms with E-state index in [4.69, 9.17) is 4.74 Å². The van der Waals surface area contributed by atoms with E-state index < -0.39 is 11.2 Å². The molecular weight excluding hydrogens is 330 g/mol. The number of hydrogen-bond acceptors (Lipinski definition) is 5. The maximum atomic E-state index is 12.3. The highest BCUT2D eigenvalue weighted by Crippen LogP contribution is 2.35. The minimum atomic E-state index is -0.930. The third-order valence-corrected chi connectivity index (χ3v) is 4.79. The number of aromatic nitrogens is 2. The number of amides is 1. The van der Waals surface area contributed by atoms with Crippen LogP contribution in [0.4, 0.5) is 4.79 Å². The lowest BCUT2D eigenvalue weighted by atomic mass is 9.84. The van der Waals surface area contributed by atoms with E-state index in [1.165, 1.54) is 0 Å². The average Bonchev–Trinajstić information content (AvgIpc) is 2.53. The van der Waals surface area contributed by atoms with E-state index in [9.17, 15) is 9.90 Å². The fourth-order valence-electron chi connectivity index (χ4n) is 3.50. The molecule has 0 bridgehead atoms. The molecule has 0 aliphatic carbocycles. The van der Waals surface area contributed by atoms with Gasteiger partial charge in [-0.05, 0) is 53.9 Å². The molecule has 1 aliphatic heterocycles. The predicted octanol–water partition coefficient (Wildman–Crippen LogP) is 3.91. The molecule has 1 aromatic rings. The summed E-state index contributed by atoms with van der Waals surface area (Å²) in [5, 5.41) is 10.9. The van der Waals surface area contributed by atoms with Gasteiger partial charge in [0, 0.05) is 30.8 Å². The van der Waals surface area contributed by atoms with Crippen molar-refractivity contribution >= 4 is 6.09 Å². The monoisotopic (exact) mass is 363 g/mol. The van der Waals surface area contributed by atoms with E-state index in [1.54, 1.807) is 11.1 Å². The lowest BCUT2D eigenvalue weighted by Gasteiger charge is -2.35. The Morgan fingerprint density at radius 1 is 1.31 bits per heavy atom. The van der Waals surface area contributed by atoms with Crippen LogP contribution < -0.4 is 0 Å². The van der Waals surface area contributed by atoms with Gasteiger partial charge in [0.25, 0.3) is 0 Å². The lowest BCUT2D eigenvalue weighted by molar-refractivity contribution is 0.0196. The molecule has 26 heavy (non-hydrogen) atoms. The molecule has 1 atom stereocenters. The number of nitrogens with zero attached hydrogens (tertiary/aromatic N) is 3. The highest BCUT2D eigenvalue weighted by molar-refractivity contribution is 5.68. The molecule has 2 heterocycles. The third kappa shape index (κ3) is 5.16. The Kier molecular flexibility index (Phi) is 6.27. The largest absolute Gasteiger partial charge is 0.444 e. The molecule has 1 fully saturated rings. The van der Waals surface area contributed by atoms with Gasteiger partial charge in [0.1, 0.15) is 11.4 Å². The highest BCUT2D eigenvalue weighted by Gasteiger charge is 2.33. The zero-order valence-electron chi connectivity index (χ0n) is 17.0. The number of aryl methyl sites for hydroxylation is 1. The number of aliphatic hydroxyl groups is 1. The van der Waals surface area contributed by atoms with Crippen molar-refractivity contribution in [3.8, 4) is 0 Å². The first-order chi connectivity index (χ1) is 12.0. The van der Waals surface area contributed by atoms with E-state index in [-0.39, 0.29) is 12.0 Å². The van der Waals surface area contributed by atoms with Crippen LogP contribution in [0.5, 0.6) is 0 Å². The van der Waals surface area contributed by atoms with Crippen LogP contribution in [0.3, 0.4) is 0 Å². The second-order valence-electron chi connectivity index (χ2n) is 8.48. The molecule has 1 unspecified atom stereocenters. The number of ether oxygens (including phenoxy) is 1. The Balaban J connectivity index is 2.14. The second-order valence-corrected chi connectivity index (χ2v) is 8.48. The van der Waals surface area contributed by atoms with Crippen molar-refractivity contribution < 1.29 is 14.6 Å². The van der Waals surface area contributed by atoms with Crippen LogP contribution in [0.15, 0.2) is 6.20 Å². The number of hydrogen-bond donors (Lipinski definition) is 1. The summed E-state index contributed by atoms with van der Waals surface area (Å²) in [6, 6.07) is 0. The van der Waals surface area contributed by atoms with Gasteiger partial charge in [-0.2, -0.15) is 0 Å². The minimum absolute atomic E-state index is 0.216. The van der Waals surface area contributed by atoms with Crippen molar-refractivity contribution in [3.63, 3.8) is 0 Å². The molecule has 146 valence electrons. The fraction of sp³-hybridized carbons (Fsp3) is 0.750. The van der Waals surface area contributed by atoms with Crippen LogP contribution in [-0.4, -0.2) is 44.8 Å². The topological polar surface area (TPSA) is 75.6 Å². The lowest BCUT2D eigenvalue weighted by Crippen LogP contribution is -2.41. The fourth-order valence-corrected chi connectivity index (χ4v) is 3.50. The molecule has 0 radical (unpaired) electrons. The Bertz CT molecular complexity index is 630. The molecule has 1 amide bonds. The molecule has 1 N–H and O–H groups in total. The van der Waals surface area contributed by atoms with Crippen molar-refractivity contribution in [1.82, 2.24) is 14.9 Å². The van der Waals surface area contributed by atoms with E-state index in [2.05, 4.69) is 16.9 Å². The van der Waals surface area contributed by atoms with E-state index in [0.29, 0.717) is 25.3 Å². The molecule has 6 heteroatoms. The van der Waals surface area contributed by atoms with Crippen molar-refractivity contribution in [2.24, 2.45) is 0 Å². The van der Waals surface area contributed by atoms with E-state index in [1.807, 2.05) is 34.6 Å². The molecular formula is C20H33N3O3. The van der Waals surface area contributed by atoms with Crippen LogP contribution >= 0.6 is 0 Å². The molecule has 0 aromatic carbocycles. The summed E-state index contributed by atoms with van der Waals surface area (Å²) in [7, 11) is 0. The van der Waals surface area contributed by atoms with Crippen LogP contribution in [0.1, 0.15) is 83.3 Å². The second kappa shape index (κ2) is 7.91. The van der Waals surface area contributed by atoms with Crippen molar-refractivity contribution in [2.75, 3.05) is 13.1 Å². The van der Waals surface area contributed by atoms with Gasteiger partial charge in [-0.15, -0.1) is 0 Å². The summed E-state index contributed by atoms with van der Waals surface area (Å²) in [6.07, 6.45) is 4.69. The van der Waals surface area contributed by atoms with Gasteiger partial charge in [0.2, 0.25) is 0 Å². The summed E-state index contributed by atoms with van der Waals surface area (Å²) >= 11 is 0. The number of carbonyl (C=O) groups is 1. The first kappa shape index (κ1) is 20.6. The average molecular weight is 364 g/mol. The van der Waals surface area contributed by atoms with Crippen molar-refractivity contribution in [2.45, 2.75) is 84.3 Å². The van der Waals surface area contributed by atoms with Gasteiger partial charge in [-0.3, -0.25) is 0 Å². The normalized spacial score (nSPS) is 18.5. The SMILES string of the molecule is CCCC(C)(O)c1cnc(C)nc1C1CCN(C(=O)OC(C)(C)C)CC1. The van der Waals surface area contributed by atoms with Crippen LogP contribution in [0.2, 0.25) is 0 Å². The van der Waals surface area contributed by atoms with Gasteiger partial charge in [-0.1, -0.05) is 13.3 Å². The molecule has 0 spiro atoms. The smallest absolute Gasteiger partial charge is 0.410 e. The molecule has 1 aliphatic rings. The maximum Gasteiger partial charge on any atom is 0.410 e. The number of rotatable bonds is 4. The quantitative estimate of drug-likeness (QED) is 0.878. The van der Waals surface area contributed by atoms with Gasteiger partial charge < -0.3 is 14.7 Å². The Morgan fingerprint density at radius 2 is 1.92 bits per heavy atom. The predicted molar refractivity (Wildman–Crippen MR) is 101 cm³/mol. The van der Waals surface area contributed by atoms with Crippen molar-refractivity contribution in [1.29, 1.82) is 0 Å². The molecule has 2 rings (SSSR count). The first-order valence-corrected chi connectivity index (χ1v) is 9.58. The maximum absolute atomic E-state index is 12.3. The summed E-state index contributed by atoms with van der Waals surface area (Å²) in [4.78, 5) is 23.0. The van der Waals surface area contributed by atoms with Crippen LogP contribution in [0, 0.1) is 6.92 Å². The van der Waals surface area contributed by atoms with E-state index in [0.717, 1.165) is 30.5 Å². The Labute approximate surface area is 157 Å². The molecule has 1 aromatic heterocycles. The highest BCUT2D eigenvalue weighted by atomic mass is 16.6. The van der Waals surface area contributed by atoms with Gasteiger partial charge >= 0.3 is 6.09 Å².